The molecule has 0 atom stereocenters. The minimum Gasteiger partial charge on any atom is -0.461 e. The molecule has 2 aliphatic rings. The number of rotatable bonds is 3. The number of aromatic amines is 1. The Morgan fingerprint density at radius 3 is 2.68 bits per heavy atom. The molecule has 1 aliphatic heterocycles. The van der Waals surface area contributed by atoms with Gasteiger partial charge in [0.05, 0.1) is 25.0 Å². The van der Waals surface area contributed by atoms with Crippen LogP contribution in [0.2, 0.25) is 0 Å². The van der Waals surface area contributed by atoms with Crippen molar-refractivity contribution in [1.82, 2.24) is 20.1 Å². The number of H-pyrrole nitrogens is 1. The molecule has 0 unspecified atom stereocenters. The molecule has 1 saturated heterocycles. The summed E-state index contributed by atoms with van der Waals surface area (Å²) in [6.45, 7) is 3.55. The average Bonchev–Trinajstić information content (AvgIpc) is 3.28. The second-order valence-electron chi connectivity index (χ2n) is 6.18. The van der Waals surface area contributed by atoms with Gasteiger partial charge in [0.25, 0.3) is 0 Å². The second kappa shape index (κ2) is 5.85. The highest BCUT2D eigenvalue weighted by Crippen LogP contribution is 2.41. The van der Waals surface area contributed by atoms with E-state index >= 15 is 0 Å². The van der Waals surface area contributed by atoms with Crippen LogP contribution in [0, 0.1) is 0 Å². The molecule has 0 radical (unpaired) electrons. The van der Waals surface area contributed by atoms with Gasteiger partial charge in [0.1, 0.15) is 5.82 Å². The van der Waals surface area contributed by atoms with E-state index in [1.54, 1.807) is 6.26 Å². The molecule has 6 heteroatoms. The average molecular weight is 302 g/mol. The van der Waals surface area contributed by atoms with Gasteiger partial charge >= 0.3 is 0 Å². The first-order valence-corrected chi connectivity index (χ1v) is 8.18. The van der Waals surface area contributed by atoms with Crippen LogP contribution in [0.5, 0.6) is 0 Å². The minimum absolute atomic E-state index is 0.0140. The van der Waals surface area contributed by atoms with Crippen LogP contribution < -0.4 is 0 Å². The number of hydrogen-bond donors (Lipinski definition) is 1. The Bertz CT molecular complexity index is 595. The SMILES string of the molecule is c1coc(-c2n[nH]c(C3(N4CCOCC4)CCCCC3)n2)c1. The molecule has 3 heterocycles. The molecule has 0 bridgehead atoms. The third-order valence-corrected chi connectivity index (χ3v) is 4.96. The van der Waals surface area contributed by atoms with Gasteiger partial charge in [-0.25, -0.2) is 4.98 Å². The van der Waals surface area contributed by atoms with Crippen LogP contribution >= 0.6 is 0 Å². The van der Waals surface area contributed by atoms with Crippen molar-refractivity contribution >= 4 is 0 Å². The number of hydrogen-bond acceptors (Lipinski definition) is 5. The van der Waals surface area contributed by atoms with Crippen molar-refractivity contribution in [3.8, 4) is 11.6 Å². The van der Waals surface area contributed by atoms with Crippen LogP contribution in [0.15, 0.2) is 22.8 Å². The first-order valence-electron chi connectivity index (χ1n) is 8.18. The molecule has 2 aromatic heterocycles. The molecule has 1 saturated carbocycles. The zero-order valence-corrected chi connectivity index (χ0v) is 12.8. The molecule has 22 heavy (non-hydrogen) atoms. The first-order chi connectivity index (χ1) is 10.9. The Hall–Kier alpha value is -1.66. The van der Waals surface area contributed by atoms with Crippen molar-refractivity contribution in [2.45, 2.75) is 37.6 Å². The van der Waals surface area contributed by atoms with E-state index in [1.165, 1.54) is 19.3 Å². The molecule has 0 aromatic carbocycles. The van der Waals surface area contributed by atoms with Gasteiger partial charge in [-0.3, -0.25) is 10.00 Å². The molecule has 2 aromatic rings. The highest BCUT2D eigenvalue weighted by atomic mass is 16.5. The van der Waals surface area contributed by atoms with Crippen molar-refractivity contribution < 1.29 is 9.15 Å². The highest BCUT2D eigenvalue weighted by Gasteiger charge is 2.43. The molecule has 0 spiro atoms. The van der Waals surface area contributed by atoms with Crippen molar-refractivity contribution in [1.29, 1.82) is 0 Å². The normalized spacial score (nSPS) is 22.7. The Kier molecular flexibility index (Phi) is 3.72. The van der Waals surface area contributed by atoms with Gasteiger partial charge in [0.2, 0.25) is 5.82 Å². The summed E-state index contributed by atoms with van der Waals surface area (Å²) < 4.78 is 11.0. The van der Waals surface area contributed by atoms with E-state index in [2.05, 4.69) is 15.1 Å². The molecule has 6 nitrogen and oxygen atoms in total. The predicted octanol–water partition coefficient (Wildman–Crippen LogP) is 2.56. The van der Waals surface area contributed by atoms with Crippen molar-refractivity contribution in [2.24, 2.45) is 0 Å². The summed E-state index contributed by atoms with van der Waals surface area (Å²) in [5.41, 5.74) is -0.0140. The molecule has 1 aliphatic carbocycles. The maximum Gasteiger partial charge on any atom is 0.216 e. The fourth-order valence-electron chi connectivity index (χ4n) is 3.82. The van der Waals surface area contributed by atoms with Crippen molar-refractivity contribution in [2.75, 3.05) is 26.3 Å². The third kappa shape index (κ3) is 2.36. The molecule has 118 valence electrons. The van der Waals surface area contributed by atoms with Crippen molar-refractivity contribution in [3.05, 3.63) is 24.2 Å². The summed E-state index contributed by atoms with van der Waals surface area (Å²) in [5, 5.41) is 7.58. The van der Waals surface area contributed by atoms with Crippen LogP contribution in [0.1, 0.15) is 37.9 Å². The van der Waals surface area contributed by atoms with E-state index in [9.17, 15) is 0 Å². The first kappa shape index (κ1) is 14.0. The highest BCUT2D eigenvalue weighted by molar-refractivity contribution is 5.45. The zero-order valence-electron chi connectivity index (χ0n) is 12.8. The molecule has 1 N–H and O–H groups in total. The van der Waals surface area contributed by atoms with Crippen LogP contribution in [0.25, 0.3) is 11.6 Å². The van der Waals surface area contributed by atoms with Crippen molar-refractivity contribution in [3.63, 3.8) is 0 Å². The number of nitrogens with zero attached hydrogens (tertiary/aromatic N) is 3. The lowest BCUT2D eigenvalue weighted by Gasteiger charge is -2.46. The van der Waals surface area contributed by atoms with E-state index < -0.39 is 0 Å². The van der Waals surface area contributed by atoms with Gasteiger partial charge in [-0.15, -0.1) is 5.10 Å². The predicted molar refractivity (Wildman–Crippen MR) is 81.2 cm³/mol. The quantitative estimate of drug-likeness (QED) is 0.944. The van der Waals surface area contributed by atoms with Gasteiger partial charge < -0.3 is 9.15 Å². The van der Waals surface area contributed by atoms with E-state index in [-0.39, 0.29) is 5.54 Å². The van der Waals surface area contributed by atoms with E-state index in [0.717, 1.165) is 50.7 Å². The summed E-state index contributed by atoms with van der Waals surface area (Å²) in [5.74, 6) is 2.36. The van der Waals surface area contributed by atoms with Crippen LogP contribution in [0.3, 0.4) is 0 Å². The summed E-state index contributed by atoms with van der Waals surface area (Å²) in [7, 11) is 0. The van der Waals surface area contributed by atoms with E-state index in [0.29, 0.717) is 5.82 Å². The van der Waals surface area contributed by atoms with E-state index in [1.807, 2.05) is 12.1 Å². The van der Waals surface area contributed by atoms with Gasteiger partial charge in [0.15, 0.2) is 5.76 Å². The second-order valence-corrected chi connectivity index (χ2v) is 6.18. The topological polar surface area (TPSA) is 67.2 Å². The lowest BCUT2D eigenvalue weighted by atomic mass is 9.79. The Labute approximate surface area is 129 Å². The van der Waals surface area contributed by atoms with Crippen LogP contribution in [-0.4, -0.2) is 46.4 Å². The number of furan rings is 1. The lowest BCUT2D eigenvalue weighted by Crippen LogP contribution is -2.52. The fourth-order valence-corrected chi connectivity index (χ4v) is 3.82. The zero-order chi connectivity index (χ0) is 14.8. The molecule has 4 rings (SSSR count). The Balaban J connectivity index is 1.68. The largest absolute Gasteiger partial charge is 0.461 e. The summed E-state index contributed by atoms with van der Waals surface area (Å²) in [6.07, 6.45) is 7.73. The fraction of sp³-hybridized carbons (Fsp3) is 0.625. The lowest BCUT2D eigenvalue weighted by molar-refractivity contribution is -0.0440. The van der Waals surface area contributed by atoms with Gasteiger partial charge in [-0.05, 0) is 25.0 Å². The molecule has 0 amide bonds. The molecular weight excluding hydrogens is 280 g/mol. The smallest absolute Gasteiger partial charge is 0.216 e. The summed E-state index contributed by atoms with van der Waals surface area (Å²) >= 11 is 0. The Morgan fingerprint density at radius 1 is 1.14 bits per heavy atom. The maximum atomic E-state index is 5.53. The van der Waals surface area contributed by atoms with Gasteiger partial charge in [0, 0.05) is 13.1 Å². The number of aromatic nitrogens is 3. The summed E-state index contributed by atoms with van der Waals surface area (Å²) in [6, 6.07) is 3.76. The molecular formula is C16H22N4O2. The monoisotopic (exact) mass is 302 g/mol. The van der Waals surface area contributed by atoms with Gasteiger partial charge in [-0.2, -0.15) is 0 Å². The number of morpholine rings is 1. The van der Waals surface area contributed by atoms with E-state index in [4.69, 9.17) is 14.1 Å². The number of ether oxygens (including phenoxy) is 1. The maximum absolute atomic E-state index is 5.53. The third-order valence-electron chi connectivity index (χ3n) is 4.96. The van der Waals surface area contributed by atoms with Crippen LogP contribution in [0.4, 0.5) is 0 Å². The Morgan fingerprint density at radius 2 is 1.95 bits per heavy atom. The van der Waals surface area contributed by atoms with Gasteiger partial charge in [-0.1, -0.05) is 19.3 Å². The summed E-state index contributed by atoms with van der Waals surface area (Å²) in [4.78, 5) is 7.32. The minimum atomic E-state index is -0.0140. The molecule has 2 fully saturated rings. The standard InChI is InChI=1S/C16H22N4O2/c1-2-6-16(7-3-1,20-8-11-21-12-9-20)15-17-14(18-19-15)13-5-4-10-22-13/h4-5,10H,1-3,6-9,11-12H2,(H,17,18,19). The van der Waals surface area contributed by atoms with Crippen LogP contribution in [-0.2, 0) is 10.3 Å². The number of nitrogens with one attached hydrogen (secondary N) is 1.